The molecule has 0 fully saturated rings. The van der Waals surface area contributed by atoms with Gasteiger partial charge in [-0.05, 0) is 175 Å². The Morgan fingerprint density at radius 2 is 0.661 bits per heavy atom. The SMILES string of the molecule is Cc1cc(C)cc(C(c2cc(C)cc(C)c2)c2cc(C(C)C)c3ccc4c(N(c5cc(C)cc(C)c5)c5cc(C)cc(C)c5)cc(C(C)C)c5ccc2c3c54)c1. The van der Waals surface area contributed by atoms with E-state index in [1.54, 1.807) is 0 Å². The second kappa shape index (κ2) is 14.3. The molecule has 0 radical (unpaired) electrons. The summed E-state index contributed by atoms with van der Waals surface area (Å²) in [5, 5.41) is 8.14. The molecule has 0 heterocycles. The third-order valence-electron chi connectivity index (χ3n) is 11.9. The fourth-order valence-corrected chi connectivity index (χ4v) is 9.93. The Bertz CT molecular complexity index is 2420. The fourth-order valence-electron chi connectivity index (χ4n) is 9.93. The smallest absolute Gasteiger partial charge is 0.0543 e. The third-order valence-corrected chi connectivity index (χ3v) is 11.9. The van der Waals surface area contributed by atoms with Gasteiger partial charge in [0.1, 0.15) is 0 Å². The van der Waals surface area contributed by atoms with E-state index >= 15 is 0 Å². The van der Waals surface area contributed by atoms with Crippen molar-refractivity contribution >= 4 is 49.4 Å². The molecule has 0 aliphatic carbocycles. The van der Waals surface area contributed by atoms with Gasteiger partial charge in [0.05, 0.1) is 5.69 Å². The van der Waals surface area contributed by atoms with E-state index in [0.717, 1.165) is 0 Å². The van der Waals surface area contributed by atoms with Crippen LogP contribution in [-0.4, -0.2) is 0 Å². The van der Waals surface area contributed by atoms with E-state index < -0.39 is 0 Å². The molecule has 0 aromatic heterocycles. The highest BCUT2D eigenvalue weighted by molar-refractivity contribution is 6.27. The molecule has 0 atom stereocenters. The predicted octanol–water partition coefficient (Wildman–Crippen LogP) is 15.9. The standard InChI is InChI=1S/C55H57N/c1-31(2)49-29-51(53(41-21-33(5)17-34(6)22-41)42-23-35(7)18-36(8)24-42)47-14-13-46-50(32(3)4)30-52(48-16-15-45(49)54(47)55(46)48)56(43-25-37(9)19-38(10)26-43)44-27-39(11)20-40(12)28-44/h13-32,53H,1-12H3. The Balaban J connectivity index is 1.55. The van der Waals surface area contributed by atoms with Crippen LogP contribution in [0.1, 0.15) is 118 Å². The minimum absolute atomic E-state index is 0.0837. The third kappa shape index (κ3) is 6.66. The number of benzene rings is 8. The summed E-state index contributed by atoms with van der Waals surface area (Å²) in [4.78, 5) is 2.54. The number of nitrogens with zero attached hydrogens (tertiary/aromatic N) is 1. The Labute approximate surface area is 335 Å². The Morgan fingerprint density at radius 3 is 1.05 bits per heavy atom. The van der Waals surface area contributed by atoms with Crippen molar-refractivity contribution in [1.29, 1.82) is 0 Å². The van der Waals surface area contributed by atoms with Gasteiger partial charge in [-0.1, -0.05) is 129 Å². The van der Waals surface area contributed by atoms with Gasteiger partial charge in [0.25, 0.3) is 0 Å². The second-order valence-electron chi connectivity index (χ2n) is 17.7. The zero-order chi connectivity index (χ0) is 39.7. The highest BCUT2D eigenvalue weighted by Crippen LogP contribution is 2.50. The lowest BCUT2D eigenvalue weighted by Gasteiger charge is -2.31. The zero-order valence-electron chi connectivity index (χ0n) is 35.6. The van der Waals surface area contributed by atoms with Gasteiger partial charge in [-0.15, -0.1) is 0 Å². The summed E-state index contributed by atoms with van der Waals surface area (Å²) < 4.78 is 0. The summed E-state index contributed by atoms with van der Waals surface area (Å²) in [5.41, 5.74) is 20.8. The van der Waals surface area contributed by atoms with Gasteiger partial charge in [0.15, 0.2) is 0 Å². The number of anilines is 3. The first-order valence-corrected chi connectivity index (χ1v) is 20.6. The van der Waals surface area contributed by atoms with Crippen molar-refractivity contribution in [2.45, 2.75) is 101 Å². The van der Waals surface area contributed by atoms with E-state index in [1.165, 1.54) is 122 Å². The van der Waals surface area contributed by atoms with E-state index in [1.807, 2.05) is 0 Å². The maximum absolute atomic E-state index is 2.56. The van der Waals surface area contributed by atoms with Crippen molar-refractivity contribution < 1.29 is 0 Å². The first-order chi connectivity index (χ1) is 26.7. The van der Waals surface area contributed by atoms with Gasteiger partial charge < -0.3 is 4.90 Å². The van der Waals surface area contributed by atoms with Crippen LogP contribution in [0.2, 0.25) is 0 Å². The molecule has 0 amide bonds. The van der Waals surface area contributed by atoms with Crippen molar-refractivity contribution in [2.75, 3.05) is 4.90 Å². The van der Waals surface area contributed by atoms with Crippen molar-refractivity contribution in [1.82, 2.24) is 0 Å². The molecule has 8 rings (SSSR count). The molecule has 0 spiro atoms. The van der Waals surface area contributed by atoms with Crippen LogP contribution in [0.15, 0.2) is 109 Å². The van der Waals surface area contributed by atoms with Crippen LogP contribution in [0, 0.1) is 55.4 Å². The molecular formula is C55H57N. The number of aryl methyl sites for hydroxylation is 8. The highest BCUT2D eigenvalue weighted by Gasteiger charge is 2.27. The first kappa shape index (κ1) is 37.5. The molecule has 0 unspecified atom stereocenters. The molecule has 1 nitrogen and oxygen atoms in total. The number of hydrogen-bond donors (Lipinski definition) is 0. The van der Waals surface area contributed by atoms with Gasteiger partial charge in [-0.2, -0.15) is 0 Å². The van der Waals surface area contributed by atoms with Crippen LogP contribution in [0.4, 0.5) is 17.1 Å². The van der Waals surface area contributed by atoms with E-state index in [-0.39, 0.29) is 5.92 Å². The summed E-state index contributed by atoms with van der Waals surface area (Å²) in [6.07, 6.45) is 0. The van der Waals surface area contributed by atoms with Gasteiger partial charge >= 0.3 is 0 Å². The first-order valence-electron chi connectivity index (χ1n) is 20.6. The molecular weight excluding hydrogens is 675 g/mol. The van der Waals surface area contributed by atoms with Crippen LogP contribution < -0.4 is 4.90 Å². The summed E-state index contributed by atoms with van der Waals surface area (Å²) in [6.45, 7) is 27.3. The lowest BCUT2D eigenvalue weighted by Crippen LogP contribution is -2.13. The van der Waals surface area contributed by atoms with E-state index in [0.29, 0.717) is 11.8 Å². The molecule has 0 saturated carbocycles. The second-order valence-corrected chi connectivity index (χ2v) is 17.7. The van der Waals surface area contributed by atoms with Crippen molar-refractivity contribution in [3.8, 4) is 0 Å². The maximum Gasteiger partial charge on any atom is 0.0543 e. The summed E-state index contributed by atoms with van der Waals surface area (Å²) in [5.74, 6) is 0.768. The topological polar surface area (TPSA) is 3.24 Å². The summed E-state index contributed by atoms with van der Waals surface area (Å²) in [7, 11) is 0. The Kier molecular flexibility index (Phi) is 9.56. The number of rotatable bonds is 8. The quantitative estimate of drug-likeness (QED) is 0.111. The lowest BCUT2D eigenvalue weighted by molar-refractivity contribution is 0.869. The van der Waals surface area contributed by atoms with E-state index in [4.69, 9.17) is 0 Å². The van der Waals surface area contributed by atoms with Crippen molar-refractivity contribution in [2.24, 2.45) is 0 Å². The molecule has 8 aromatic rings. The fraction of sp³-hybridized carbons (Fsp3) is 0.273. The normalized spacial score (nSPS) is 12.1. The largest absolute Gasteiger partial charge is 0.310 e. The molecule has 0 N–H and O–H groups in total. The highest BCUT2D eigenvalue weighted by atomic mass is 15.1. The van der Waals surface area contributed by atoms with Gasteiger partial charge in [-0.25, -0.2) is 0 Å². The predicted molar refractivity (Wildman–Crippen MR) is 245 cm³/mol. The average Bonchev–Trinajstić information content (AvgIpc) is 3.09. The summed E-state index contributed by atoms with van der Waals surface area (Å²) >= 11 is 0. The molecule has 0 aliphatic rings. The zero-order valence-corrected chi connectivity index (χ0v) is 35.6. The van der Waals surface area contributed by atoms with Crippen LogP contribution in [-0.2, 0) is 0 Å². The number of hydrogen-bond acceptors (Lipinski definition) is 1. The molecule has 0 bridgehead atoms. The van der Waals surface area contributed by atoms with Gasteiger partial charge in [-0.3, -0.25) is 0 Å². The van der Waals surface area contributed by atoms with Crippen molar-refractivity contribution in [3.05, 3.63) is 182 Å². The molecule has 0 aliphatic heterocycles. The van der Waals surface area contributed by atoms with Gasteiger partial charge in [0, 0.05) is 22.7 Å². The molecule has 282 valence electrons. The summed E-state index contributed by atoms with van der Waals surface area (Å²) in [6, 6.07) is 43.1. The molecule has 0 saturated heterocycles. The molecule has 1 heteroatoms. The van der Waals surface area contributed by atoms with Crippen LogP contribution in [0.5, 0.6) is 0 Å². The van der Waals surface area contributed by atoms with Crippen LogP contribution >= 0.6 is 0 Å². The van der Waals surface area contributed by atoms with E-state index in [9.17, 15) is 0 Å². The van der Waals surface area contributed by atoms with Crippen LogP contribution in [0.3, 0.4) is 0 Å². The monoisotopic (exact) mass is 731 g/mol. The molecule has 8 aromatic carbocycles. The van der Waals surface area contributed by atoms with E-state index in [2.05, 4.69) is 197 Å². The van der Waals surface area contributed by atoms with Crippen molar-refractivity contribution in [3.63, 3.8) is 0 Å². The van der Waals surface area contributed by atoms with Gasteiger partial charge in [0.2, 0.25) is 0 Å². The Hall–Kier alpha value is -5.40. The Morgan fingerprint density at radius 1 is 0.339 bits per heavy atom. The average molecular weight is 732 g/mol. The minimum Gasteiger partial charge on any atom is -0.310 e. The minimum atomic E-state index is 0.0837. The maximum atomic E-state index is 2.56. The lowest BCUT2D eigenvalue weighted by atomic mass is 9.77. The molecule has 56 heavy (non-hydrogen) atoms. The van der Waals surface area contributed by atoms with Crippen LogP contribution in [0.25, 0.3) is 32.3 Å².